The van der Waals surface area contributed by atoms with Crippen molar-refractivity contribution >= 4 is 22.0 Å². The van der Waals surface area contributed by atoms with E-state index in [2.05, 4.69) is 0 Å². The zero-order chi connectivity index (χ0) is 19.0. The highest BCUT2D eigenvalue weighted by molar-refractivity contribution is 7.89. The lowest BCUT2D eigenvalue weighted by molar-refractivity contribution is -0.143. The van der Waals surface area contributed by atoms with Crippen LogP contribution in [0.1, 0.15) is 38.1 Å². The van der Waals surface area contributed by atoms with Crippen LogP contribution in [0.2, 0.25) is 0 Å². The molecule has 0 aliphatic rings. The first kappa shape index (κ1) is 21.1. The molecule has 0 unspecified atom stereocenters. The molecule has 0 radical (unpaired) electrons. The van der Waals surface area contributed by atoms with E-state index in [9.17, 15) is 18.0 Å². The van der Waals surface area contributed by atoms with Gasteiger partial charge in [0.05, 0.1) is 23.7 Å². The highest BCUT2D eigenvalue weighted by Gasteiger charge is 2.28. The third-order valence-corrected chi connectivity index (χ3v) is 5.01. The highest BCUT2D eigenvalue weighted by Crippen LogP contribution is 2.18. The van der Waals surface area contributed by atoms with Gasteiger partial charge in [-0.15, -0.1) is 0 Å². The topological polar surface area (TPSA) is 90.0 Å². The summed E-state index contributed by atoms with van der Waals surface area (Å²) in [5.41, 5.74) is 0.265. The summed E-state index contributed by atoms with van der Waals surface area (Å²) in [6, 6.07) is 5.45. The van der Waals surface area contributed by atoms with Crippen molar-refractivity contribution in [3.63, 3.8) is 0 Å². The Balaban J connectivity index is 3.07. The van der Waals surface area contributed by atoms with Crippen LogP contribution in [-0.2, 0) is 24.3 Å². The Morgan fingerprint density at radius 3 is 2.08 bits per heavy atom. The van der Waals surface area contributed by atoms with Gasteiger partial charge in [-0.25, -0.2) is 13.2 Å². The highest BCUT2D eigenvalue weighted by atomic mass is 32.2. The van der Waals surface area contributed by atoms with Gasteiger partial charge >= 0.3 is 11.9 Å². The first-order chi connectivity index (χ1) is 11.7. The Labute approximate surface area is 149 Å². The quantitative estimate of drug-likeness (QED) is 0.617. The standard InChI is InChI=1S/C17H25NO6S/c1-5-23-16(19)12-18(11-13(3)4)25(21,22)15-9-7-14(8-10-15)17(20)24-6-2/h7-10,13H,5-6,11-12H2,1-4H3. The zero-order valence-corrected chi connectivity index (χ0v) is 15.8. The van der Waals surface area contributed by atoms with Gasteiger partial charge in [-0.3, -0.25) is 4.79 Å². The van der Waals surface area contributed by atoms with Crippen molar-refractivity contribution < 1.29 is 27.5 Å². The van der Waals surface area contributed by atoms with Crippen LogP contribution in [0.4, 0.5) is 0 Å². The minimum absolute atomic E-state index is 0.00509. The average molecular weight is 371 g/mol. The Morgan fingerprint density at radius 2 is 1.60 bits per heavy atom. The molecule has 0 saturated heterocycles. The molecule has 0 amide bonds. The second kappa shape index (κ2) is 9.53. The molecular formula is C17H25NO6S. The van der Waals surface area contributed by atoms with Gasteiger partial charge in [0.2, 0.25) is 10.0 Å². The number of esters is 2. The summed E-state index contributed by atoms with van der Waals surface area (Å²) in [5.74, 6) is -1.09. The Morgan fingerprint density at radius 1 is 1.04 bits per heavy atom. The number of benzene rings is 1. The van der Waals surface area contributed by atoms with Gasteiger partial charge in [-0.05, 0) is 44.0 Å². The molecule has 0 aliphatic carbocycles. The minimum Gasteiger partial charge on any atom is -0.465 e. The molecule has 0 atom stereocenters. The number of hydrogen-bond donors (Lipinski definition) is 0. The van der Waals surface area contributed by atoms with Crippen molar-refractivity contribution in [2.75, 3.05) is 26.3 Å². The molecule has 25 heavy (non-hydrogen) atoms. The number of carbonyl (C=O) groups is 2. The molecule has 7 nitrogen and oxygen atoms in total. The largest absolute Gasteiger partial charge is 0.465 e. The molecule has 8 heteroatoms. The predicted molar refractivity (Wildman–Crippen MR) is 92.6 cm³/mol. The molecule has 0 aromatic heterocycles. The SMILES string of the molecule is CCOC(=O)CN(CC(C)C)S(=O)(=O)c1ccc(C(=O)OCC)cc1. The van der Waals surface area contributed by atoms with Gasteiger partial charge in [0, 0.05) is 6.54 Å². The second-order valence-corrected chi connectivity index (χ2v) is 7.68. The summed E-state index contributed by atoms with van der Waals surface area (Å²) >= 11 is 0. The average Bonchev–Trinajstić information content (AvgIpc) is 2.54. The molecule has 0 heterocycles. The van der Waals surface area contributed by atoms with Crippen molar-refractivity contribution in [3.8, 4) is 0 Å². The Bertz CT molecular complexity index is 682. The molecule has 140 valence electrons. The number of nitrogens with zero attached hydrogens (tertiary/aromatic N) is 1. The van der Waals surface area contributed by atoms with Crippen LogP contribution in [0, 0.1) is 5.92 Å². The number of carbonyl (C=O) groups excluding carboxylic acids is 2. The fourth-order valence-electron chi connectivity index (χ4n) is 2.13. The van der Waals surface area contributed by atoms with Gasteiger partial charge in [0.1, 0.15) is 6.54 Å². The van der Waals surface area contributed by atoms with E-state index in [1.54, 1.807) is 13.8 Å². The van der Waals surface area contributed by atoms with Gasteiger partial charge in [-0.1, -0.05) is 13.8 Å². The van der Waals surface area contributed by atoms with E-state index >= 15 is 0 Å². The van der Waals surface area contributed by atoms with Crippen molar-refractivity contribution in [1.82, 2.24) is 4.31 Å². The van der Waals surface area contributed by atoms with Crippen molar-refractivity contribution in [2.24, 2.45) is 5.92 Å². The lowest BCUT2D eigenvalue weighted by Gasteiger charge is -2.23. The zero-order valence-electron chi connectivity index (χ0n) is 15.0. The molecule has 0 N–H and O–H groups in total. The predicted octanol–water partition coefficient (Wildman–Crippen LogP) is 2.07. The van der Waals surface area contributed by atoms with E-state index in [-0.39, 0.29) is 42.7 Å². The fourth-order valence-corrected chi connectivity index (χ4v) is 3.68. The lowest BCUT2D eigenvalue weighted by Crippen LogP contribution is -2.38. The first-order valence-electron chi connectivity index (χ1n) is 8.15. The molecule has 0 spiro atoms. The number of rotatable bonds is 9. The Hall–Kier alpha value is -1.93. The van der Waals surface area contributed by atoms with E-state index in [0.29, 0.717) is 0 Å². The Kier molecular flexibility index (Phi) is 8.05. The second-order valence-electron chi connectivity index (χ2n) is 5.74. The maximum Gasteiger partial charge on any atom is 0.338 e. The van der Waals surface area contributed by atoms with Crippen LogP contribution < -0.4 is 0 Å². The van der Waals surface area contributed by atoms with Crippen molar-refractivity contribution in [1.29, 1.82) is 0 Å². The third kappa shape index (κ3) is 6.13. The normalized spacial score (nSPS) is 11.6. The monoisotopic (exact) mass is 371 g/mol. The van der Waals surface area contributed by atoms with E-state index in [4.69, 9.17) is 9.47 Å². The molecule has 0 aliphatic heterocycles. The van der Waals surface area contributed by atoms with Crippen LogP contribution in [0.15, 0.2) is 29.2 Å². The fraction of sp³-hybridized carbons (Fsp3) is 0.529. The molecule has 0 saturated carbocycles. The lowest BCUT2D eigenvalue weighted by atomic mass is 10.2. The van der Waals surface area contributed by atoms with Crippen LogP contribution in [0.25, 0.3) is 0 Å². The first-order valence-corrected chi connectivity index (χ1v) is 9.59. The van der Waals surface area contributed by atoms with E-state index < -0.39 is 22.0 Å². The number of ether oxygens (including phenoxy) is 2. The molecule has 1 rings (SSSR count). The third-order valence-electron chi connectivity index (χ3n) is 3.18. The van der Waals surface area contributed by atoms with Gasteiger partial charge in [-0.2, -0.15) is 4.31 Å². The maximum atomic E-state index is 12.8. The van der Waals surface area contributed by atoms with Crippen molar-refractivity contribution in [3.05, 3.63) is 29.8 Å². The van der Waals surface area contributed by atoms with Crippen LogP contribution in [0.3, 0.4) is 0 Å². The van der Waals surface area contributed by atoms with E-state index in [1.165, 1.54) is 24.3 Å². The molecule has 0 bridgehead atoms. The summed E-state index contributed by atoms with van der Waals surface area (Å²) in [6.07, 6.45) is 0. The number of hydrogen-bond acceptors (Lipinski definition) is 6. The number of sulfonamides is 1. The summed E-state index contributed by atoms with van der Waals surface area (Å²) in [5, 5.41) is 0. The molecule has 1 aromatic carbocycles. The van der Waals surface area contributed by atoms with Gasteiger partial charge < -0.3 is 9.47 Å². The van der Waals surface area contributed by atoms with E-state index in [1.807, 2.05) is 13.8 Å². The van der Waals surface area contributed by atoms with Gasteiger partial charge in [0.25, 0.3) is 0 Å². The van der Waals surface area contributed by atoms with Crippen molar-refractivity contribution in [2.45, 2.75) is 32.6 Å². The van der Waals surface area contributed by atoms with Crippen LogP contribution in [-0.4, -0.2) is 51.0 Å². The molecule has 0 fully saturated rings. The van der Waals surface area contributed by atoms with Crippen LogP contribution in [0.5, 0.6) is 0 Å². The summed E-state index contributed by atoms with van der Waals surface area (Å²) in [6.45, 7) is 7.32. The molecular weight excluding hydrogens is 346 g/mol. The summed E-state index contributed by atoms with van der Waals surface area (Å²) < 4.78 is 36.5. The van der Waals surface area contributed by atoms with Gasteiger partial charge in [0.15, 0.2) is 0 Å². The smallest absolute Gasteiger partial charge is 0.338 e. The minimum atomic E-state index is -3.88. The molecule has 1 aromatic rings. The van der Waals surface area contributed by atoms with E-state index in [0.717, 1.165) is 4.31 Å². The maximum absolute atomic E-state index is 12.8. The summed E-state index contributed by atoms with van der Waals surface area (Å²) in [7, 11) is -3.88. The summed E-state index contributed by atoms with van der Waals surface area (Å²) in [4.78, 5) is 23.4. The van der Waals surface area contributed by atoms with Crippen LogP contribution >= 0.6 is 0 Å².